The number of benzene rings is 2. The van der Waals surface area contributed by atoms with E-state index in [9.17, 15) is 9.59 Å². The van der Waals surface area contributed by atoms with Crippen LogP contribution >= 0.6 is 43.2 Å². The zero-order valence-electron chi connectivity index (χ0n) is 15.4. The molecule has 1 amide bonds. The van der Waals surface area contributed by atoms with Crippen molar-refractivity contribution in [2.24, 2.45) is 0 Å². The predicted molar refractivity (Wildman–Crippen MR) is 122 cm³/mol. The van der Waals surface area contributed by atoms with Crippen molar-refractivity contribution in [2.75, 3.05) is 18.5 Å². The fourth-order valence-electron chi connectivity index (χ4n) is 2.49. The fourth-order valence-corrected chi connectivity index (χ4v) is 4.72. The Morgan fingerprint density at radius 2 is 1.83 bits per heavy atom. The van der Waals surface area contributed by atoms with Gasteiger partial charge in [-0.05, 0) is 52.7 Å². The molecule has 0 aliphatic heterocycles. The van der Waals surface area contributed by atoms with E-state index in [1.807, 2.05) is 42.5 Å². The maximum absolute atomic E-state index is 12.4. The molecule has 1 aromatic heterocycles. The van der Waals surface area contributed by atoms with E-state index >= 15 is 0 Å². The summed E-state index contributed by atoms with van der Waals surface area (Å²) in [5.41, 5.74) is 1.28. The number of hydrogen-bond acceptors (Lipinski definition) is 5. The first kappa shape index (κ1) is 21.5. The molecule has 0 atom stereocenters. The van der Waals surface area contributed by atoms with Crippen LogP contribution < -0.4 is 10.1 Å². The molecule has 8 heteroatoms. The fraction of sp³-hybridized carbons (Fsp3) is 0.143. The van der Waals surface area contributed by atoms with Crippen molar-refractivity contribution in [3.05, 3.63) is 69.1 Å². The number of anilines is 1. The zero-order chi connectivity index (χ0) is 20.8. The summed E-state index contributed by atoms with van der Waals surface area (Å²) in [7, 11) is 0. The Kier molecular flexibility index (Phi) is 7.46. The number of thiophene rings is 1. The number of nitrogens with one attached hydrogen (secondary N) is 1. The van der Waals surface area contributed by atoms with Gasteiger partial charge in [-0.3, -0.25) is 4.79 Å². The maximum Gasteiger partial charge on any atom is 0.341 e. The number of rotatable bonds is 7. The van der Waals surface area contributed by atoms with Gasteiger partial charge in [0.1, 0.15) is 10.8 Å². The highest BCUT2D eigenvalue weighted by Crippen LogP contribution is 2.36. The van der Waals surface area contributed by atoms with Crippen LogP contribution in [-0.4, -0.2) is 25.1 Å². The summed E-state index contributed by atoms with van der Waals surface area (Å²) in [4.78, 5) is 25.6. The second-order valence-corrected chi connectivity index (χ2v) is 8.67. The molecule has 1 N–H and O–H groups in total. The minimum Gasteiger partial charge on any atom is -0.483 e. The monoisotopic (exact) mass is 537 g/mol. The summed E-state index contributed by atoms with van der Waals surface area (Å²) >= 11 is 8.08. The lowest BCUT2D eigenvalue weighted by Crippen LogP contribution is -2.21. The van der Waals surface area contributed by atoms with Gasteiger partial charge in [0.15, 0.2) is 6.61 Å². The lowest BCUT2D eigenvalue weighted by molar-refractivity contribution is -0.118. The maximum atomic E-state index is 12.4. The Hall–Kier alpha value is -2.16. The van der Waals surface area contributed by atoms with E-state index in [0.717, 1.165) is 19.4 Å². The molecular formula is C21H17Br2NO4S. The van der Waals surface area contributed by atoms with Crippen LogP contribution in [0.5, 0.6) is 5.75 Å². The SMILES string of the molecule is CCOC(=O)c1cc(-c2ccccc2)sc1NC(=O)COc1ccc(Br)cc1Br. The second-order valence-electron chi connectivity index (χ2n) is 5.85. The van der Waals surface area contributed by atoms with Crippen molar-refractivity contribution in [2.45, 2.75) is 6.92 Å². The molecule has 2 aromatic carbocycles. The highest BCUT2D eigenvalue weighted by molar-refractivity contribution is 9.11. The van der Waals surface area contributed by atoms with Gasteiger partial charge in [-0.1, -0.05) is 46.3 Å². The first-order valence-electron chi connectivity index (χ1n) is 8.72. The van der Waals surface area contributed by atoms with Gasteiger partial charge < -0.3 is 14.8 Å². The van der Waals surface area contributed by atoms with E-state index in [-0.39, 0.29) is 19.1 Å². The van der Waals surface area contributed by atoms with Crippen LogP contribution in [0.3, 0.4) is 0 Å². The minimum atomic E-state index is -0.474. The molecule has 5 nitrogen and oxygen atoms in total. The van der Waals surface area contributed by atoms with Crippen LogP contribution in [0.15, 0.2) is 63.5 Å². The van der Waals surface area contributed by atoms with Gasteiger partial charge in [0.25, 0.3) is 5.91 Å². The van der Waals surface area contributed by atoms with Crippen LogP contribution in [0, 0.1) is 0 Å². The molecule has 3 rings (SSSR count). The van der Waals surface area contributed by atoms with Gasteiger partial charge in [-0.25, -0.2) is 4.79 Å². The van der Waals surface area contributed by atoms with Crippen molar-refractivity contribution in [1.29, 1.82) is 0 Å². The number of amides is 1. The van der Waals surface area contributed by atoms with E-state index in [2.05, 4.69) is 37.2 Å². The summed E-state index contributed by atoms with van der Waals surface area (Å²) in [6, 6.07) is 16.8. The number of ether oxygens (including phenoxy) is 2. The van der Waals surface area contributed by atoms with Crippen molar-refractivity contribution in [3.8, 4) is 16.2 Å². The highest BCUT2D eigenvalue weighted by atomic mass is 79.9. The Morgan fingerprint density at radius 3 is 2.52 bits per heavy atom. The number of carbonyl (C=O) groups excluding carboxylic acids is 2. The average Bonchev–Trinajstić information content (AvgIpc) is 3.12. The lowest BCUT2D eigenvalue weighted by atomic mass is 10.1. The van der Waals surface area contributed by atoms with Crippen molar-refractivity contribution < 1.29 is 19.1 Å². The van der Waals surface area contributed by atoms with Gasteiger partial charge in [-0.15, -0.1) is 11.3 Å². The molecule has 29 heavy (non-hydrogen) atoms. The summed E-state index contributed by atoms with van der Waals surface area (Å²) in [5.74, 6) is -0.297. The van der Waals surface area contributed by atoms with E-state index in [1.165, 1.54) is 11.3 Å². The molecule has 0 radical (unpaired) electrons. The van der Waals surface area contributed by atoms with Crippen molar-refractivity contribution in [1.82, 2.24) is 0 Å². The van der Waals surface area contributed by atoms with Gasteiger partial charge in [-0.2, -0.15) is 0 Å². The normalized spacial score (nSPS) is 10.4. The van der Waals surface area contributed by atoms with Crippen molar-refractivity contribution in [3.63, 3.8) is 0 Å². The minimum absolute atomic E-state index is 0.193. The van der Waals surface area contributed by atoms with Crippen LogP contribution in [-0.2, 0) is 9.53 Å². The van der Waals surface area contributed by atoms with Crippen molar-refractivity contribution >= 4 is 60.1 Å². The molecule has 0 fully saturated rings. The molecule has 0 bridgehead atoms. The van der Waals surface area contributed by atoms with E-state index < -0.39 is 5.97 Å². The van der Waals surface area contributed by atoms with Crippen LogP contribution in [0.1, 0.15) is 17.3 Å². The number of esters is 1. The van der Waals surface area contributed by atoms with Crippen LogP contribution in [0.4, 0.5) is 5.00 Å². The first-order valence-corrected chi connectivity index (χ1v) is 11.1. The molecular weight excluding hydrogens is 522 g/mol. The number of halogens is 2. The Labute approximate surface area is 189 Å². The quantitative estimate of drug-likeness (QED) is 0.367. The Balaban J connectivity index is 1.76. The van der Waals surface area contributed by atoms with E-state index in [4.69, 9.17) is 9.47 Å². The molecule has 150 valence electrons. The second kappa shape index (κ2) is 10.0. The van der Waals surface area contributed by atoms with E-state index in [0.29, 0.717) is 16.3 Å². The number of hydrogen-bond donors (Lipinski definition) is 1. The highest BCUT2D eigenvalue weighted by Gasteiger charge is 2.20. The molecule has 1 heterocycles. The molecule has 3 aromatic rings. The molecule has 0 aliphatic carbocycles. The summed E-state index contributed by atoms with van der Waals surface area (Å²) in [6.45, 7) is 1.80. The zero-order valence-corrected chi connectivity index (χ0v) is 19.4. The lowest BCUT2D eigenvalue weighted by Gasteiger charge is -2.09. The predicted octanol–water partition coefficient (Wildman–Crippen LogP) is 6.13. The van der Waals surface area contributed by atoms with Gasteiger partial charge in [0.05, 0.1) is 16.6 Å². The number of carbonyl (C=O) groups is 2. The average molecular weight is 539 g/mol. The summed E-state index contributed by atoms with van der Waals surface area (Å²) < 4.78 is 12.3. The first-order chi connectivity index (χ1) is 14.0. The van der Waals surface area contributed by atoms with E-state index in [1.54, 1.807) is 19.1 Å². The molecule has 0 aliphatic rings. The van der Waals surface area contributed by atoms with Crippen LogP contribution in [0.25, 0.3) is 10.4 Å². The smallest absolute Gasteiger partial charge is 0.341 e. The molecule has 0 spiro atoms. The summed E-state index contributed by atoms with van der Waals surface area (Å²) in [6.07, 6.45) is 0. The topological polar surface area (TPSA) is 64.6 Å². The molecule has 0 unspecified atom stereocenters. The summed E-state index contributed by atoms with van der Waals surface area (Å²) in [5, 5.41) is 3.21. The third-order valence-electron chi connectivity index (χ3n) is 3.79. The Morgan fingerprint density at radius 1 is 1.07 bits per heavy atom. The largest absolute Gasteiger partial charge is 0.483 e. The Bertz CT molecular complexity index is 1020. The van der Waals surface area contributed by atoms with Crippen LogP contribution in [0.2, 0.25) is 0 Å². The molecule has 0 saturated carbocycles. The standard InChI is InChI=1S/C21H17Br2NO4S/c1-2-27-21(26)15-11-18(13-6-4-3-5-7-13)29-20(15)24-19(25)12-28-17-9-8-14(22)10-16(17)23/h3-11H,2,12H2,1H3,(H,24,25). The third kappa shape index (κ3) is 5.68. The van der Waals surface area contributed by atoms with Gasteiger partial charge in [0.2, 0.25) is 0 Å². The van der Waals surface area contributed by atoms with Gasteiger partial charge >= 0.3 is 5.97 Å². The molecule has 0 saturated heterocycles. The third-order valence-corrected chi connectivity index (χ3v) is 6.00. The van der Waals surface area contributed by atoms with Gasteiger partial charge in [0, 0.05) is 9.35 Å².